The van der Waals surface area contributed by atoms with E-state index in [9.17, 15) is 28.9 Å². The average Bonchev–Trinajstić information content (AvgIpc) is 3.01. The van der Waals surface area contributed by atoms with Crippen LogP contribution in [0.5, 0.6) is 0 Å². The number of benzene rings is 2. The van der Waals surface area contributed by atoms with Crippen LogP contribution in [0.3, 0.4) is 0 Å². The van der Waals surface area contributed by atoms with E-state index in [0.29, 0.717) is 11.1 Å². The number of nitro benzene ring substituents is 1. The largest absolute Gasteiger partial charge is 0.351 e. The standard InChI is InChI=1S/C21H16FN3O5S/c22-16-7-4-15(5-8-16)13-18-20(27)24(21(28)31-18)11-10-23-19(26)9-6-14-2-1-3-17(12-14)25(29)30/h1-9,12-13H,10-11H2,(H,23,26)/b9-6-,18-13+. The van der Waals surface area contributed by atoms with Crippen LogP contribution in [0, 0.1) is 15.9 Å². The normalized spacial score (nSPS) is 15.1. The Labute approximate surface area is 180 Å². The van der Waals surface area contributed by atoms with Crippen LogP contribution in [0.2, 0.25) is 0 Å². The van der Waals surface area contributed by atoms with Gasteiger partial charge in [-0.15, -0.1) is 0 Å². The highest BCUT2D eigenvalue weighted by atomic mass is 32.2. The van der Waals surface area contributed by atoms with Crippen LogP contribution in [-0.2, 0) is 9.59 Å². The van der Waals surface area contributed by atoms with Gasteiger partial charge in [0.25, 0.3) is 16.8 Å². The lowest BCUT2D eigenvalue weighted by Gasteiger charge is -2.12. The Morgan fingerprint density at radius 3 is 2.61 bits per heavy atom. The van der Waals surface area contributed by atoms with Gasteiger partial charge in [-0.05, 0) is 47.2 Å². The summed E-state index contributed by atoms with van der Waals surface area (Å²) >= 11 is 0.774. The number of hydrogen-bond acceptors (Lipinski definition) is 6. The van der Waals surface area contributed by atoms with Crippen molar-refractivity contribution >= 4 is 46.7 Å². The monoisotopic (exact) mass is 441 g/mol. The van der Waals surface area contributed by atoms with Crippen molar-refractivity contribution in [3.63, 3.8) is 0 Å². The highest BCUT2D eigenvalue weighted by molar-refractivity contribution is 8.18. The Hall–Kier alpha value is -3.79. The molecule has 31 heavy (non-hydrogen) atoms. The summed E-state index contributed by atoms with van der Waals surface area (Å²) in [7, 11) is 0. The zero-order valence-corrected chi connectivity index (χ0v) is 16.8. The predicted molar refractivity (Wildman–Crippen MR) is 114 cm³/mol. The van der Waals surface area contributed by atoms with Gasteiger partial charge in [-0.2, -0.15) is 0 Å². The Morgan fingerprint density at radius 1 is 1.16 bits per heavy atom. The molecule has 1 heterocycles. The molecule has 0 aliphatic carbocycles. The van der Waals surface area contributed by atoms with Crippen molar-refractivity contribution in [2.24, 2.45) is 0 Å². The molecule has 10 heteroatoms. The molecule has 3 rings (SSSR count). The van der Waals surface area contributed by atoms with Gasteiger partial charge in [0.05, 0.1) is 9.83 Å². The number of rotatable bonds is 7. The lowest BCUT2D eigenvalue weighted by Crippen LogP contribution is -2.36. The Morgan fingerprint density at radius 2 is 1.90 bits per heavy atom. The highest BCUT2D eigenvalue weighted by Crippen LogP contribution is 2.31. The van der Waals surface area contributed by atoms with Crippen molar-refractivity contribution in [2.45, 2.75) is 0 Å². The summed E-state index contributed by atoms with van der Waals surface area (Å²) in [6, 6.07) is 11.3. The molecule has 0 aromatic heterocycles. The van der Waals surface area contributed by atoms with Gasteiger partial charge < -0.3 is 5.32 Å². The first-order valence-corrected chi connectivity index (χ1v) is 9.86. The Balaban J connectivity index is 1.53. The summed E-state index contributed by atoms with van der Waals surface area (Å²) in [6.45, 7) is 0.0296. The number of non-ortho nitro benzene ring substituents is 1. The fraction of sp³-hybridized carbons (Fsp3) is 0.0952. The van der Waals surface area contributed by atoms with Gasteiger partial charge in [0.1, 0.15) is 5.82 Å². The van der Waals surface area contributed by atoms with Gasteiger partial charge >= 0.3 is 0 Å². The quantitative estimate of drug-likeness (QED) is 0.399. The summed E-state index contributed by atoms with van der Waals surface area (Å²) in [4.78, 5) is 47.9. The third-order valence-electron chi connectivity index (χ3n) is 4.18. The molecular formula is C21H16FN3O5S. The Bertz CT molecular complexity index is 1100. The highest BCUT2D eigenvalue weighted by Gasteiger charge is 2.34. The van der Waals surface area contributed by atoms with E-state index in [1.165, 1.54) is 60.7 Å². The first-order chi connectivity index (χ1) is 14.8. The number of imide groups is 1. The number of halogens is 1. The number of carbonyl (C=O) groups is 3. The first kappa shape index (κ1) is 21.9. The maximum Gasteiger partial charge on any atom is 0.293 e. The van der Waals surface area contributed by atoms with Gasteiger partial charge in [0.2, 0.25) is 5.91 Å². The molecule has 0 spiro atoms. The van der Waals surface area contributed by atoms with Crippen LogP contribution >= 0.6 is 11.8 Å². The maximum absolute atomic E-state index is 13.0. The lowest BCUT2D eigenvalue weighted by molar-refractivity contribution is -0.384. The van der Waals surface area contributed by atoms with Crippen molar-refractivity contribution in [1.29, 1.82) is 0 Å². The van der Waals surface area contributed by atoms with E-state index in [1.807, 2.05) is 0 Å². The fourth-order valence-electron chi connectivity index (χ4n) is 2.67. The molecule has 2 aromatic rings. The van der Waals surface area contributed by atoms with Crippen molar-refractivity contribution in [3.8, 4) is 0 Å². The van der Waals surface area contributed by atoms with Crippen LogP contribution in [0.25, 0.3) is 12.2 Å². The van der Waals surface area contributed by atoms with E-state index in [2.05, 4.69) is 5.32 Å². The summed E-state index contributed by atoms with van der Waals surface area (Å²) < 4.78 is 13.0. The molecule has 8 nitrogen and oxygen atoms in total. The van der Waals surface area contributed by atoms with Gasteiger partial charge in [0, 0.05) is 31.3 Å². The van der Waals surface area contributed by atoms with Crippen LogP contribution < -0.4 is 5.32 Å². The van der Waals surface area contributed by atoms with Crippen LogP contribution in [0.1, 0.15) is 11.1 Å². The molecule has 1 saturated heterocycles. The molecular weight excluding hydrogens is 425 g/mol. The van der Waals surface area contributed by atoms with E-state index in [1.54, 1.807) is 6.07 Å². The second-order valence-electron chi connectivity index (χ2n) is 6.36. The molecule has 158 valence electrons. The molecule has 1 N–H and O–H groups in total. The topological polar surface area (TPSA) is 110 Å². The summed E-state index contributed by atoms with van der Waals surface area (Å²) in [6.07, 6.45) is 4.14. The van der Waals surface area contributed by atoms with E-state index >= 15 is 0 Å². The van der Waals surface area contributed by atoms with E-state index < -0.39 is 27.8 Å². The molecule has 0 atom stereocenters. The number of nitro groups is 1. The van der Waals surface area contributed by atoms with Crippen molar-refractivity contribution in [3.05, 3.63) is 86.6 Å². The minimum absolute atomic E-state index is 0.0121. The lowest BCUT2D eigenvalue weighted by atomic mass is 10.2. The van der Waals surface area contributed by atoms with Crippen LogP contribution in [0.4, 0.5) is 14.9 Å². The molecule has 1 aliphatic rings. The third-order valence-corrected chi connectivity index (χ3v) is 5.09. The summed E-state index contributed by atoms with van der Waals surface area (Å²) in [5, 5.41) is 12.9. The SMILES string of the molecule is O=C(/C=C\c1cccc([N+](=O)[O-])c1)NCCN1C(=O)S/C(=C/c2ccc(F)cc2)C1=O. The first-order valence-electron chi connectivity index (χ1n) is 9.05. The van der Waals surface area contributed by atoms with Crippen molar-refractivity contribution in [2.75, 3.05) is 13.1 Å². The molecule has 1 aliphatic heterocycles. The predicted octanol–water partition coefficient (Wildman–Crippen LogP) is 3.60. The molecule has 0 radical (unpaired) electrons. The van der Waals surface area contributed by atoms with Crippen molar-refractivity contribution in [1.82, 2.24) is 10.2 Å². The van der Waals surface area contributed by atoms with Crippen molar-refractivity contribution < 1.29 is 23.7 Å². The molecule has 1 fully saturated rings. The van der Waals surface area contributed by atoms with E-state index in [4.69, 9.17) is 0 Å². The smallest absolute Gasteiger partial charge is 0.293 e. The van der Waals surface area contributed by atoms with Gasteiger partial charge in [-0.1, -0.05) is 24.3 Å². The number of nitrogens with one attached hydrogen (secondary N) is 1. The number of amides is 3. The number of nitrogens with zero attached hydrogens (tertiary/aromatic N) is 2. The van der Waals surface area contributed by atoms with Gasteiger partial charge in [-0.3, -0.25) is 29.4 Å². The maximum atomic E-state index is 13.0. The summed E-state index contributed by atoms with van der Waals surface area (Å²) in [5.41, 5.74) is 0.989. The number of carbonyl (C=O) groups excluding carboxylic acids is 3. The molecule has 2 aromatic carbocycles. The minimum atomic E-state index is -0.529. The second-order valence-corrected chi connectivity index (χ2v) is 7.35. The molecule has 0 unspecified atom stereocenters. The zero-order chi connectivity index (χ0) is 22.4. The number of thioether (sulfide) groups is 1. The zero-order valence-electron chi connectivity index (χ0n) is 16.0. The molecule has 3 amide bonds. The van der Waals surface area contributed by atoms with Gasteiger partial charge in [0.15, 0.2) is 0 Å². The van der Waals surface area contributed by atoms with E-state index in [-0.39, 0.29) is 23.7 Å². The van der Waals surface area contributed by atoms with Crippen LogP contribution in [-0.4, -0.2) is 40.0 Å². The fourth-order valence-corrected chi connectivity index (χ4v) is 3.53. The van der Waals surface area contributed by atoms with E-state index in [0.717, 1.165) is 16.7 Å². The average molecular weight is 441 g/mol. The number of hydrogen-bond donors (Lipinski definition) is 1. The molecule has 0 bridgehead atoms. The summed E-state index contributed by atoms with van der Waals surface area (Å²) in [5.74, 6) is -1.36. The second kappa shape index (κ2) is 9.81. The van der Waals surface area contributed by atoms with Gasteiger partial charge in [-0.25, -0.2) is 4.39 Å². The van der Waals surface area contributed by atoms with Crippen LogP contribution in [0.15, 0.2) is 59.5 Å². The third kappa shape index (κ3) is 5.86. The molecule has 0 saturated carbocycles. The minimum Gasteiger partial charge on any atom is -0.351 e. The Kier molecular flexibility index (Phi) is 6.93.